The van der Waals surface area contributed by atoms with E-state index in [0.29, 0.717) is 0 Å². The van der Waals surface area contributed by atoms with Crippen LogP contribution in [0.3, 0.4) is 0 Å². The van der Waals surface area contributed by atoms with Crippen LogP contribution < -0.4 is 0 Å². The minimum absolute atomic E-state index is 1.14. The number of hydrogen-bond donors (Lipinski definition) is 0. The van der Waals surface area contributed by atoms with Crippen LogP contribution in [0, 0.1) is 0 Å². The summed E-state index contributed by atoms with van der Waals surface area (Å²) in [6.07, 6.45) is 0. The summed E-state index contributed by atoms with van der Waals surface area (Å²) in [7, 11) is 9.97. The van der Waals surface area contributed by atoms with Crippen molar-refractivity contribution in [2.45, 2.75) is 0 Å². The number of halogens is 2. The van der Waals surface area contributed by atoms with Crippen LogP contribution >= 0.6 is 16.5 Å². The molecule has 0 aliphatic heterocycles. The third kappa shape index (κ3) is 37.5. The number of carbonyl (C=O) groups is 1. The van der Waals surface area contributed by atoms with Crippen molar-refractivity contribution in [2.24, 2.45) is 0 Å². The molecule has 0 aromatic rings. The molecule has 28 valence electrons. The van der Waals surface area contributed by atoms with E-state index >= 15 is 0 Å². The zero-order valence-corrected chi connectivity index (χ0v) is 9.59. The monoisotopic (exact) mass is 302 g/mol. The molecule has 0 atom stereocenters. The van der Waals surface area contributed by atoms with Crippen LogP contribution in [0.1, 0.15) is 0 Å². The molecular weight excluding hydrogens is 300 g/mol. The summed E-state index contributed by atoms with van der Waals surface area (Å²) in [5, 5.41) is 0. The van der Waals surface area contributed by atoms with Gasteiger partial charge < -0.3 is 4.79 Å². The van der Waals surface area contributed by atoms with E-state index in [1.165, 1.54) is 0 Å². The van der Waals surface area contributed by atoms with E-state index < -0.39 is 22.1 Å². The van der Waals surface area contributed by atoms with Crippen LogP contribution in [0.25, 0.3) is 0 Å². The molecule has 0 aromatic heterocycles. The normalized spacial score (nSPS) is 2.80. The van der Waals surface area contributed by atoms with Crippen LogP contribution in [0.4, 0.5) is 0 Å². The fourth-order valence-electron chi connectivity index (χ4n) is 0. The second-order valence-electron chi connectivity index (χ2n) is 0.101. The Hall–Kier alpha value is 1.19. The van der Waals surface area contributed by atoms with Crippen molar-refractivity contribution in [3.05, 3.63) is 0 Å². The van der Waals surface area contributed by atoms with E-state index in [2.05, 4.69) is 0 Å². The summed E-state index contributed by atoms with van der Waals surface area (Å²) in [5.41, 5.74) is 0. The quantitative estimate of drug-likeness (QED) is 0.614. The number of carbonyl (C=O) groups excluding carboxylic acids is 1. The Bertz CT molecular complexity index is 13.6. The summed E-state index contributed by atoms with van der Waals surface area (Å²) in [6.45, 7) is 2.00. The standard InChI is InChI=1S/CH2O.2ClH.Hg/c1-2;;;/h1H2;2*1H;/q;;;+2/p-2. The third-order valence-corrected chi connectivity index (χ3v) is 0. The second-order valence-corrected chi connectivity index (χ2v) is 7.98. The number of hydrogen-bond acceptors (Lipinski definition) is 1. The Morgan fingerprint density at radius 2 is 1.40 bits per heavy atom. The predicted octanol–water partition coefficient (Wildman–Crippen LogP) is 1.19. The molecule has 0 saturated heterocycles. The first-order chi connectivity index (χ1) is 2.41. The maximum atomic E-state index is 8.00. The van der Waals surface area contributed by atoms with Gasteiger partial charge in [-0.1, -0.05) is 0 Å². The fraction of sp³-hybridized carbons (Fsp3) is 0. The maximum absolute atomic E-state index is 8.00. The summed E-state index contributed by atoms with van der Waals surface area (Å²) < 4.78 is 0. The Labute approximate surface area is 50.0 Å². The van der Waals surface area contributed by atoms with E-state index in [0.717, 1.165) is 0 Å². The predicted molar refractivity (Wildman–Crippen MR) is 18.8 cm³/mol. The molecule has 5 heavy (non-hydrogen) atoms. The Morgan fingerprint density at radius 1 is 1.40 bits per heavy atom. The van der Waals surface area contributed by atoms with Crippen molar-refractivity contribution >= 4 is 23.3 Å². The molecule has 0 aliphatic carbocycles. The molecule has 4 heteroatoms. The van der Waals surface area contributed by atoms with Crippen LogP contribution in [-0.4, -0.2) is 6.79 Å². The van der Waals surface area contributed by atoms with Crippen molar-refractivity contribution in [1.82, 2.24) is 0 Å². The molecule has 0 aromatic carbocycles. The van der Waals surface area contributed by atoms with Crippen LogP contribution in [0.15, 0.2) is 0 Å². The molecule has 0 saturated carbocycles. The van der Waals surface area contributed by atoms with Crippen LogP contribution in [-0.2, 0) is 26.9 Å². The van der Waals surface area contributed by atoms with E-state index in [1.807, 2.05) is 6.79 Å². The molecule has 0 heterocycles. The van der Waals surface area contributed by atoms with Gasteiger partial charge in [0.15, 0.2) is 0 Å². The van der Waals surface area contributed by atoms with E-state index in [1.54, 1.807) is 0 Å². The van der Waals surface area contributed by atoms with Gasteiger partial charge in [-0.2, -0.15) is 0 Å². The molecule has 0 radical (unpaired) electrons. The molecule has 0 aliphatic rings. The molecular formula is CH2Cl2HgO. The van der Waals surface area contributed by atoms with Gasteiger partial charge in [-0.15, -0.1) is 0 Å². The average Bonchev–Trinajstić information content (AvgIpc) is 1.46. The van der Waals surface area contributed by atoms with Crippen molar-refractivity contribution in [3.8, 4) is 0 Å². The van der Waals surface area contributed by atoms with Gasteiger partial charge >= 0.3 is 38.6 Å². The first-order valence-corrected chi connectivity index (χ1v) is 14.4. The fourth-order valence-corrected chi connectivity index (χ4v) is 0. The first-order valence-electron chi connectivity index (χ1n) is 0.823. The second kappa shape index (κ2) is 19.0. The van der Waals surface area contributed by atoms with Gasteiger partial charge in [-0.25, -0.2) is 0 Å². The third-order valence-electron chi connectivity index (χ3n) is 0. The molecule has 0 fully saturated rings. The topological polar surface area (TPSA) is 17.1 Å². The molecule has 0 bridgehead atoms. The molecule has 0 rings (SSSR count). The van der Waals surface area contributed by atoms with Crippen LogP contribution in [0.2, 0.25) is 0 Å². The number of rotatable bonds is 0. The first kappa shape index (κ1) is 9.49. The van der Waals surface area contributed by atoms with Gasteiger partial charge in [0, 0.05) is 0 Å². The molecule has 0 N–H and O–H groups in total. The average molecular weight is 302 g/mol. The summed E-state index contributed by atoms with van der Waals surface area (Å²) in [6, 6.07) is 0. The Morgan fingerprint density at radius 3 is 1.40 bits per heavy atom. The molecule has 0 spiro atoms. The van der Waals surface area contributed by atoms with Crippen molar-refractivity contribution in [2.75, 3.05) is 0 Å². The van der Waals surface area contributed by atoms with Gasteiger partial charge in [-0.3, -0.25) is 0 Å². The van der Waals surface area contributed by atoms with Crippen LogP contribution in [0.5, 0.6) is 0 Å². The van der Waals surface area contributed by atoms with Gasteiger partial charge in [0.2, 0.25) is 0 Å². The summed E-state index contributed by atoms with van der Waals surface area (Å²) >= 11 is -1.14. The van der Waals surface area contributed by atoms with E-state index in [-0.39, 0.29) is 0 Å². The van der Waals surface area contributed by atoms with E-state index in [4.69, 9.17) is 21.3 Å². The van der Waals surface area contributed by atoms with Gasteiger partial charge in [0.1, 0.15) is 6.79 Å². The van der Waals surface area contributed by atoms with Gasteiger partial charge in [0.05, 0.1) is 0 Å². The Balaban J connectivity index is 0. The molecule has 1 nitrogen and oxygen atoms in total. The summed E-state index contributed by atoms with van der Waals surface area (Å²) in [4.78, 5) is 8.00. The van der Waals surface area contributed by atoms with Gasteiger partial charge in [0.25, 0.3) is 0 Å². The van der Waals surface area contributed by atoms with Crippen molar-refractivity contribution < 1.29 is 26.9 Å². The van der Waals surface area contributed by atoms with Gasteiger partial charge in [-0.05, 0) is 0 Å². The minimum atomic E-state index is -1.14. The summed E-state index contributed by atoms with van der Waals surface area (Å²) in [5.74, 6) is 0. The zero-order valence-electron chi connectivity index (χ0n) is 2.58. The molecule has 0 unspecified atom stereocenters. The zero-order chi connectivity index (χ0) is 4.71. The van der Waals surface area contributed by atoms with E-state index in [9.17, 15) is 0 Å². The van der Waals surface area contributed by atoms with Crippen molar-refractivity contribution in [1.29, 1.82) is 0 Å². The Kier molecular flexibility index (Phi) is 36.1. The molecule has 0 amide bonds. The SMILES string of the molecule is C=O.[Cl][Hg][Cl]. The van der Waals surface area contributed by atoms with Crippen molar-refractivity contribution in [3.63, 3.8) is 0 Å².